The average molecular weight is 257 g/mol. The van der Waals surface area contributed by atoms with Crippen molar-refractivity contribution in [1.29, 1.82) is 0 Å². The van der Waals surface area contributed by atoms with Gasteiger partial charge in [-0.3, -0.25) is 10.1 Å². The van der Waals surface area contributed by atoms with Crippen LogP contribution in [0, 0.1) is 0 Å². The van der Waals surface area contributed by atoms with E-state index in [1.54, 1.807) is 17.3 Å². The summed E-state index contributed by atoms with van der Waals surface area (Å²) >= 11 is 4.29. The molecule has 2 rings (SSSR count). The number of carbonyl (C=O) groups excluding carboxylic acids is 1. The van der Waals surface area contributed by atoms with Crippen molar-refractivity contribution in [2.24, 2.45) is 0 Å². The summed E-state index contributed by atoms with van der Waals surface area (Å²) in [7, 11) is 0. The van der Waals surface area contributed by atoms with Gasteiger partial charge in [0.25, 0.3) is 5.91 Å². The topological polar surface area (TPSA) is 54.9 Å². The molecular formula is C8H7N3OS3. The molecule has 7 heteroatoms. The van der Waals surface area contributed by atoms with E-state index >= 15 is 0 Å². The van der Waals surface area contributed by atoms with Crippen LogP contribution in [0.3, 0.4) is 0 Å². The standard InChI is InChI=1S/C8H7N3OS3/c1-13-5-2-3-14-6(5)7(12)10-8-11-9-4-15-8/h2-4H,1H3,(H,10,11,12). The molecule has 0 unspecified atom stereocenters. The lowest BCUT2D eigenvalue weighted by Crippen LogP contribution is -2.10. The Morgan fingerprint density at radius 3 is 3.07 bits per heavy atom. The zero-order valence-electron chi connectivity index (χ0n) is 7.76. The third kappa shape index (κ3) is 2.36. The third-order valence-corrected chi connectivity index (χ3v) is 4.06. The van der Waals surface area contributed by atoms with Crippen molar-refractivity contribution in [3.63, 3.8) is 0 Å². The van der Waals surface area contributed by atoms with Gasteiger partial charge in [0.15, 0.2) is 0 Å². The predicted molar refractivity (Wildman–Crippen MR) is 64.0 cm³/mol. The predicted octanol–water partition coefficient (Wildman–Crippen LogP) is 2.57. The Kier molecular flexibility index (Phi) is 3.34. The van der Waals surface area contributed by atoms with Gasteiger partial charge in [0.1, 0.15) is 10.4 Å². The van der Waals surface area contributed by atoms with Gasteiger partial charge in [-0.25, -0.2) is 0 Å². The molecule has 15 heavy (non-hydrogen) atoms. The highest BCUT2D eigenvalue weighted by Crippen LogP contribution is 2.26. The highest BCUT2D eigenvalue weighted by molar-refractivity contribution is 7.98. The lowest BCUT2D eigenvalue weighted by molar-refractivity contribution is 0.102. The fourth-order valence-electron chi connectivity index (χ4n) is 1.01. The van der Waals surface area contributed by atoms with Crippen molar-refractivity contribution < 1.29 is 4.79 Å². The van der Waals surface area contributed by atoms with Crippen LogP contribution in [0.25, 0.3) is 0 Å². The molecule has 0 saturated heterocycles. The Morgan fingerprint density at radius 2 is 2.40 bits per heavy atom. The molecule has 1 N–H and O–H groups in total. The zero-order valence-corrected chi connectivity index (χ0v) is 10.2. The van der Waals surface area contributed by atoms with Crippen LogP contribution in [0.5, 0.6) is 0 Å². The second-order valence-electron chi connectivity index (χ2n) is 2.52. The smallest absolute Gasteiger partial charge is 0.268 e. The maximum atomic E-state index is 11.8. The molecule has 0 aliphatic heterocycles. The van der Waals surface area contributed by atoms with Crippen LogP contribution in [0.15, 0.2) is 21.9 Å². The molecule has 0 aromatic carbocycles. The summed E-state index contributed by atoms with van der Waals surface area (Å²) in [5, 5.41) is 12.5. The van der Waals surface area contributed by atoms with E-state index in [-0.39, 0.29) is 5.91 Å². The number of hydrogen-bond donors (Lipinski definition) is 1. The van der Waals surface area contributed by atoms with Gasteiger partial charge in [-0.2, -0.15) is 0 Å². The van der Waals surface area contributed by atoms with Crippen LogP contribution in [-0.4, -0.2) is 22.4 Å². The van der Waals surface area contributed by atoms with Gasteiger partial charge >= 0.3 is 0 Å². The second kappa shape index (κ2) is 4.73. The van der Waals surface area contributed by atoms with Gasteiger partial charge in [-0.05, 0) is 17.7 Å². The van der Waals surface area contributed by atoms with Crippen molar-refractivity contribution in [1.82, 2.24) is 10.2 Å². The first kappa shape index (κ1) is 10.6. The molecule has 1 amide bonds. The van der Waals surface area contributed by atoms with Crippen LogP contribution in [0.4, 0.5) is 5.13 Å². The molecule has 78 valence electrons. The van der Waals surface area contributed by atoms with Gasteiger partial charge in [0.05, 0.1) is 0 Å². The summed E-state index contributed by atoms with van der Waals surface area (Å²) < 4.78 is 0. The number of thioether (sulfide) groups is 1. The molecule has 2 heterocycles. The fraction of sp³-hybridized carbons (Fsp3) is 0.125. The van der Waals surface area contributed by atoms with Gasteiger partial charge < -0.3 is 0 Å². The number of anilines is 1. The lowest BCUT2D eigenvalue weighted by atomic mass is 10.4. The minimum Gasteiger partial charge on any atom is -0.296 e. The average Bonchev–Trinajstić information content (AvgIpc) is 2.86. The summed E-state index contributed by atoms with van der Waals surface area (Å²) in [5.74, 6) is -0.119. The maximum absolute atomic E-state index is 11.8. The van der Waals surface area contributed by atoms with E-state index < -0.39 is 0 Å². The Bertz CT molecular complexity index is 451. The SMILES string of the molecule is CSc1ccsc1C(=O)Nc1nncs1. The number of carbonyl (C=O) groups is 1. The van der Waals surface area contributed by atoms with Crippen molar-refractivity contribution in [2.75, 3.05) is 11.6 Å². The molecule has 0 fully saturated rings. The monoisotopic (exact) mass is 257 g/mol. The molecular weight excluding hydrogens is 250 g/mol. The number of rotatable bonds is 3. The van der Waals surface area contributed by atoms with E-state index in [0.717, 1.165) is 9.77 Å². The number of aromatic nitrogens is 2. The van der Waals surface area contributed by atoms with E-state index in [1.807, 2.05) is 17.7 Å². The van der Waals surface area contributed by atoms with Crippen LogP contribution < -0.4 is 5.32 Å². The summed E-state index contributed by atoms with van der Waals surface area (Å²) in [4.78, 5) is 13.5. The summed E-state index contributed by atoms with van der Waals surface area (Å²) in [6.07, 6.45) is 1.95. The molecule has 0 radical (unpaired) electrons. The van der Waals surface area contributed by atoms with Crippen LogP contribution in [0.1, 0.15) is 9.67 Å². The molecule has 4 nitrogen and oxygen atoms in total. The first-order valence-corrected chi connectivity index (χ1v) is 6.98. The minimum absolute atomic E-state index is 0.119. The number of nitrogens with zero attached hydrogens (tertiary/aromatic N) is 2. The first-order chi connectivity index (χ1) is 7.31. The largest absolute Gasteiger partial charge is 0.296 e. The molecule has 0 spiro atoms. The van der Waals surface area contributed by atoms with Crippen LogP contribution in [-0.2, 0) is 0 Å². The van der Waals surface area contributed by atoms with E-state index in [9.17, 15) is 4.79 Å². The van der Waals surface area contributed by atoms with E-state index in [2.05, 4.69) is 15.5 Å². The highest BCUT2D eigenvalue weighted by atomic mass is 32.2. The number of nitrogens with one attached hydrogen (secondary N) is 1. The molecule has 0 saturated carbocycles. The number of hydrogen-bond acceptors (Lipinski definition) is 6. The van der Waals surface area contributed by atoms with Gasteiger partial charge in [0, 0.05) is 4.90 Å². The molecule has 2 aromatic heterocycles. The molecule has 0 aliphatic carbocycles. The zero-order chi connectivity index (χ0) is 10.7. The second-order valence-corrected chi connectivity index (χ2v) is 5.11. The molecule has 0 bridgehead atoms. The van der Waals surface area contributed by atoms with Gasteiger partial charge in [0.2, 0.25) is 5.13 Å². The van der Waals surface area contributed by atoms with E-state index in [4.69, 9.17) is 0 Å². The lowest BCUT2D eigenvalue weighted by Gasteiger charge is -1.99. The number of thiophene rings is 1. The summed E-state index contributed by atoms with van der Waals surface area (Å²) in [5.41, 5.74) is 1.58. The quantitative estimate of drug-likeness (QED) is 0.859. The Labute approximate surface area is 98.7 Å². The van der Waals surface area contributed by atoms with Crippen molar-refractivity contribution in [3.05, 3.63) is 21.8 Å². The maximum Gasteiger partial charge on any atom is 0.268 e. The van der Waals surface area contributed by atoms with Crippen molar-refractivity contribution in [3.8, 4) is 0 Å². The van der Waals surface area contributed by atoms with Crippen molar-refractivity contribution >= 4 is 45.5 Å². The summed E-state index contributed by atoms with van der Waals surface area (Å²) in [6.45, 7) is 0. The molecule has 0 aliphatic rings. The fourth-order valence-corrected chi connectivity index (χ4v) is 3.09. The van der Waals surface area contributed by atoms with Gasteiger partial charge in [-0.1, -0.05) is 11.3 Å². The Morgan fingerprint density at radius 1 is 1.53 bits per heavy atom. The minimum atomic E-state index is -0.119. The Hall–Kier alpha value is -0.920. The van der Waals surface area contributed by atoms with E-state index in [1.165, 1.54) is 22.7 Å². The first-order valence-electron chi connectivity index (χ1n) is 4.00. The Balaban J connectivity index is 2.15. The summed E-state index contributed by atoms with van der Waals surface area (Å²) in [6, 6.07) is 1.93. The molecule has 0 atom stereocenters. The van der Waals surface area contributed by atoms with Gasteiger partial charge in [-0.15, -0.1) is 33.3 Å². The van der Waals surface area contributed by atoms with Crippen LogP contribution >= 0.6 is 34.4 Å². The van der Waals surface area contributed by atoms with E-state index in [0.29, 0.717) is 5.13 Å². The third-order valence-electron chi connectivity index (χ3n) is 1.64. The van der Waals surface area contributed by atoms with Crippen molar-refractivity contribution in [2.45, 2.75) is 4.90 Å². The normalized spacial score (nSPS) is 10.2. The van der Waals surface area contributed by atoms with Crippen LogP contribution in [0.2, 0.25) is 0 Å². The number of amides is 1. The highest BCUT2D eigenvalue weighted by Gasteiger charge is 2.13. The molecule has 2 aromatic rings.